The van der Waals surface area contributed by atoms with E-state index in [1.54, 1.807) is 7.11 Å². The number of urea groups is 1. The molecule has 0 aromatic heterocycles. The SMILES string of the molecule is COc1ccccc1CN(C(=O)NC[C@@H](C)N(C)C)C1CCCC1. The van der Waals surface area contributed by atoms with Crippen molar-refractivity contribution < 1.29 is 9.53 Å². The Morgan fingerprint density at radius 2 is 1.96 bits per heavy atom. The first-order valence-electron chi connectivity index (χ1n) is 8.85. The van der Waals surface area contributed by atoms with Crippen LogP contribution >= 0.6 is 0 Å². The van der Waals surface area contributed by atoms with Gasteiger partial charge in [-0.05, 0) is 39.9 Å². The van der Waals surface area contributed by atoms with Gasteiger partial charge in [0.2, 0.25) is 0 Å². The number of carbonyl (C=O) groups is 1. The molecule has 1 aromatic carbocycles. The number of rotatable bonds is 7. The van der Waals surface area contributed by atoms with Gasteiger partial charge in [0.1, 0.15) is 5.75 Å². The smallest absolute Gasteiger partial charge is 0.318 e. The fraction of sp³-hybridized carbons (Fsp3) is 0.632. The number of amides is 2. The molecule has 0 spiro atoms. The van der Waals surface area contributed by atoms with Gasteiger partial charge in [-0.2, -0.15) is 0 Å². The first-order chi connectivity index (χ1) is 11.5. The second-order valence-corrected chi connectivity index (χ2v) is 6.88. The van der Waals surface area contributed by atoms with E-state index in [0.29, 0.717) is 25.2 Å². The van der Waals surface area contributed by atoms with Gasteiger partial charge in [0.05, 0.1) is 13.7 Å². The molecule has 0 aliphatic heterocycles. The zero-order valence-electron chi connectivity index (χ0n) is 15.4. The summed E-state index contributed by atoms with van der Waals surface area (Å²) < 4.78 is 5.45. The van der Waals surface area contributed by atoms with E-state index in [0.717, 1.165) is 24.2 Å². The van der Waals surface area contributed by atoms with Crippen molar-refractivity contribution in [3.8, 4) is 5.75 Å². The van der Waals surface area contributed by atoms with Crippen LogP contribution < -0.4 is 10.1 Å². The predicted molar refractivity (Wildman–Crippen MR) is 97.3 cm³/mol. The molecular formula is C19H31N3O2. The summed E-state index contributed by atoms with van der Waals surface area (Å²) in [5.41, 5.74) is 1.06. The monoisotopic (exact) mass is 333 g/mol. The summed E-state index contributed by atoms with van der Waals surface area (Å²) in [5.74, 6) is 0.843. The summed E-state index contributed by atoms with van der Waals surface area (Å²) in [6.07, 6.45) is 4.58. The molecule has 0 heterocycles. The number of ether oxygens (including phenoxy) is 1. The molecule has 1 atom stereocenters. The first-order valence-corrected chi connectivity index (χ1v) is 8.85. The van der Waals surface area contributed by atoms with E-state index >= 15 is 0 Å². The second kappa shape index (κ2) is 8.92. The quantitative estimate of drug-likeness (QED) is 0.834. The average molecular weight is 333 g/mol. The number of methoxy groups -OCH3 is 1. The van der Waals surface area contributed by atoms with Crippen LogP contribution in [0.3, 0.4) is 0 Å². The Bertz CT molecular complexity index is 527. The Labute approximate surface area is 146 Å². The number of nitrogens with zero attached hydrogens (tertiary/aromatic N) is 2. The van der Waals surface area contributed by atoms with Crippen molar-refractivity contribution in [3.63, 3.8) is 0 Å². The van der Waals surface area contributed by atoms with Gasteiger partial charge in [-0.25, -0.2) is 4.79 Å². The van der Waals surface area contributed by atoms with Crippen molar-refractivity contribution in [1.29, 1.82) is 0 Å². The zero-order valence-corrected chi connectivity index (χ0v) is 15.4. The number of hydrogen-bond donors (Lipinski definition) is 1. The van der Waals surface area contributed by atoms with Crippen molar-refractivity contribution in [1.82, 2.24) is 15.1 Å². The number of carbonyl (C=O) groups excluding carboxylic acids is 1. The van der Waals surface area contributed by atoms with Gasteiger partial charge >= 0.3 is 6.03 Å². The third-order valence-electron chi connectivity index (χ3n) is 4.99. The maximum Gasteiger partial charge on any atom is 0.318 e. The van der Waals surface area contributed by atoms with Crippen LogP contribution in [0.1, 0.15) is 38.2 Å². The maximum absolute atomic E-state index is 12.8. The van der Waals surface area contributed by atoms with Crippen molar-refractivity contribution in [2.24, 2.45) is 0 Å². The fourth-order valence-electron chi connectivity index (χ4n) is 3.12. The molecule has 0 bridgehead atoms. The lowest BCUT2D eigenvalue weighted by Gasteiger charge is -2.31. The third kappa shape index (κ3) is 4.87. The van der Waals surface area contributed by atoms with Gasteiger partial charge in [-0.3, -0.25) is 0 Å². The molecular weight excluding hydrogens is 302 g/mol. The molecule has 0 radical (unpaired) electrons. The molecule has 5 heteroatoms. The van der Waals surface area contributed by atoms with Gasteiger partial charge in [0.25, 0.3) is 0 Å². The molecule has 2 amide bonds. The molecule has 1 aliphatic carbocycles. The summed E-state index contributed by atoms with van der Waals surface area (Å²) in [6.45, 7) is 3.36. The highest BCUT2D eigenvalue weighted by Crippen LogP contribution is 2.27. The Balaban J connectivity index is 2.08. The zero-order chi connectivity index (χ0) is 17.5. The fourth-order valence-corrected chi connectivity index (χ4v) is 3.12. The molecule has 2 rings (SSSR count). The van der Waals surface area contributed by atoms with Crippen LogP contribution in [-0.2, 0) is 6.54 Å². The number of likely N-dealkylation sites (N-methyl/N-ethyl adjacent to an activating group) is 1. The van der Waals surface area contributed by atoms with Gasteiger partial charge in [-0.15, -0.1) is 0 Å². The number of para-hydroxylation sites is 1. The van der Waals surface area contributed by atoms with Crippen LogP contribution in [0.5, 0.6) is 5.75 Å². The Morgan fingerprint density at radius 3 is 2.58 bits per heavy atom. The van der Waals surface area contributed by atoms with Gasteiger partial charge < -0.3 is 19.9 Å². The van der Waals surface area contributed by atoms with Gasteiger partial charge in [-0.1, -0.05) is 31.0 Å². The minimum Gasteiger partial charge on any atom is -0.496 e. The second-order valence-electron chi connectivity index (χ2n) is 6.88. The summed E-state index contributed by atoms with van der Waals surface area (Å²) in [6, 6.07) is 8.61. The third-order valence-corrected chi connectivity index (χ3v) is 4.99. The van der Waals surface area contributed by atoms with E-state index in [1.807, 2.05) is 43.3 Å². The van der Waals surface area contributed by atoms with E-state index in [2.05, 4.69) is 17.1 Å². The minimum absolute atomic E-state index is 0.0292. The molecule has 1 fully saturated rings. The molecule has 0 saturated heterocycles. The summed E-state index contributed by atoms with van der Waals surface area (Å²) in [4.78, 5) is 16.9. The highest BCUT2D eigenvalue weighted by Gasteiger charge is 2.27. The van der Waals surface area contributed by atoms with Crippen LogP contribution in [0.4, 0.5) is 4.79 Å². The molecule has 24 heavy (non-hydrogen) atoms. The van der Waals surface area contributed by atoms with Crippen molar-refractivity contribution in [2.45, 2.75) is 51.2 Å². The van der Waals surface area contributed by atoms with Crippen molar-refractivity contribution in [2.75, 3.05) is 27.7 Å². The first kappa shape index (κ1) is 18.6. The van der Waals surface area contributed by atoms with E-state index in [-0.39, 0.29) is 6.03 Å². The van der Waals surface area contributed by atoms with Crippen LogP contribution in [-0.4, -0.2) is 55.7 Å². The Hall–Kier alpha value is -1.75. The van der Waals surface area contributed by atoms with Crippen molar-refractivity contribution in [3.05, 3.63) is 29.8 Å². The topological polar surface area (TPSA) is 44.8 Å². The van der Waals surface area contributed by atoms with Gasteiger partial charge in [0, 0.05) is 24.2 Å². The largest absolute Gasteiger partial charge is 0.496 e. The molecule has 1 saturated carbocycles. The minimum atomic E-state index is 0.0292. The van der Waals surface area contributed by atoms with Crippen LogP contribution in [0.2, 0.25) is 0 Å². The van der Waals surface area contributed by atoms with E-state index in [1.165, 1.54) is 12.8 Å². The van der Waals surface area contributed by atoms with Crippen molar-refractivity contribution >= 4 is 6.03 Å². The van der Waals surface area contributed by atoms with Gasteiger partial charge in [0.15, 0.2) is 0 Å². The summed E-state index contributed by atoms with van der Waals surface area (Å²) >= 11 is 0. The Morgan fingerprint density at radius 1 is 1.29 bits per heavy atom. The lowest BCUT2D eigenvalue weighted by molar-refractivity contribution is 0.167. The van der Waals surface area contributed by atoms with Crippen LogP contribution in [0.25, 0.3) is 0 Å². The molecule has 0 unspecified atom stereocenters. The normalized spacial score (nSPS) is 16.2. The molecule has 1 N–H and O–H groups in total. The van der Waals surface area contributed by atoms with E-state index in [9.17, 15) is 4.79 Å². The number of nitrogens with one attached hydrogen (secondary N) is 1. The highest BCUT2D eigenvalue weighted by atomic mass is 16.5. The van der Waals surface area contributed by atoms with E-state index in [4.69, 9.17) is 4.74 Å². The standard InChI is InChI=1S/C19H31N3O2/c1-15(21(2)3)13-20-19(23)22(17-10-6-7-11-17)14-16-9-5-8-12-18(16)24-4/h5,8-9,12,15,17H,6-7,10-11,13-14H2,1-4H3,(H,20,23)/t15-/m1/s1. The van der Waals surface area contributed by atoms with E-state index < -0.39 is 0 Å². The number of benzene rings is 1. The highest BCUT2D eigenvalue weighted by molar-refractivity contribution is 5.74. The summed E-state index contributed by atoms with van der Waals surface area (Å²) in [5, 5.41) is 3.10. The molecule has 1 aliphatic rings. The van der Waals surface area contributed by atoms with Crippen LogP contribution in [0, 0.1) is 0 Å². The molecule has 134 valence electrons. The lowest BCUT2D eigenvalue weighted by Crippen LogP contribution is -2.48. The predicted octanol–water partition coefficient (Wildman–Crippen LogP) is 3.10. The summed E-state index contributed by atoms with van der Waals surface area (Å²) in [7, 11) is 5.73. The molecule has 5 nitrogen and oxygen atoms in total. The van der Waals surface area contributed by atoms with Crippen LogP contribution in [0.15, 0.2) is 24.3 Å². The average Bonchev–Trinajstić information content (AvgIpc) is 3.11. The lowest BCUT2D eigenvalue weighted by atomic mass is 10.1. The number of hydrogen-bond acceptors (Lipinski definition) is 3. The Kier molecular flexibility index (Phi) is 6.91. The molecule has 1 aromatic rings. The maximum atomic E-state index is 12.8.